The second kappa shape index (κ2) is 4.08. The van der Waals surface area contributed by atoms with Crippen LogP contribution in [0.3, 0.4) is 0 Å². The summed E-state index contributed by atoms with van der Waals surface area (Å²) in [5, 5.41) is -0.441. The monoisotopic (exact) mass is 262 g/mol. The van der Waals surface area contributed by atoms with Gasteiger partial charge in [-0.1, -0.05) is 11.6 Å². The molecule has 0 bridgehead atoms. The fraction of sp³-hybridized carbons (Fsp3) is 0.143. The number of halogens is 5. The van der Waals surface area contributed by atoms with Crippen LogP contribution in [0.5, 0.6) is 0 Å². The molecule has 78 valence electrons. The minimum absolute atomic E-state index is 0.122. The zero-order valence-electron chi connectivity index (χ0n) is 6.44. The first-order chi connectivity index (χ1) is 6.32. The molecule has 1 nitrogen and oxygen atoms in total. The van der Waals surface area contributed by atoms with E-state index < -0.39 is 26.8 Å². The normalized spacial score (nSPS) is 14.1. The Morgan fingerprint density at radius 1 is 1.29 bits per heavy atom. The van der Waals surface area contributed by atoms with Crippen molar-refractivity contribution in [3.63, 3.8) is 0 Å². The molecule has 0 saturated carbocycles. The van der Waals surface area contributed by atoms with Gasteiger partial charge in [0.05, 0.1) is 15.5 Å². The van der Waals surface area contributed by atoms with Crippen LogP contribution >= 0.6 is 22.3 Å². The van der Waals surface area contributed by atoms with Gasteiger partial charge in [0, 0.05) is 0 Å². The molecule has 1 unspecified atom stereocenters. The lowest BCUT2D eigenvalue weighted by atomic mass is 10.2. The largest absolute Gasteiger partial charge is 0.417 e. The molecule has 0 aliphatic carbocycles. The first-order valence-corrected chi connectivity index (χ1v) is 5.62. The van der Waals surface area contributed by atoms with Crippen LogP contribution in [0.2, 0.25) is 5.02 Å². The van der Waals surface area contributed by atoms with Crippen molar-refractivity contribution in [2.24, 2.45) is 0 Å². The highest BCUT2D eigenvalue weighted by atomic mass is 35.7. The fourth-order valence-electron chi connectivity index (χ4n) is 0.821. The highest BCUT2D eigenvalue weighted by Gasteiger charge is 2.33. The second-order valence-electron chi connectivity index (χ2n) is 2.36. The van der Waals surface area contributed by atoms with Gasteiger partial charge < -0.3 is 0 Å². The van der Waals surface area contributed by atoms with E-state index in [0.29, 0.717) is 6.07 Å². The maximum atomic E-state index is 12.3. The maximum absolute atomic E-state index is 12.3. The summed E-state index contributed by atoms with van der Waals surface area (Å²) in [5.74, 6) is 0. The van der Waals surface area contributed by atoms with Crippen molar-refractivity contribution >= 4 is 32.3 Å². The molecule has 7 heteroatoms. The summed E-state index contributed by atoms with van der Waals surface area (Å²) < 4.78 is 47.5. The molecule has 0 fully saturated rings. The van der Waals surface area contributed by atoms with Crippen molar-refractivity contribution < 1.29 is 17.4 Å². The van der Waals surface area contributed by atoms with Crippen molar-refractivity contribution in [2.45, 2.75) is 11.1 Å². The summed E-state index contributed by atoms with van der Waals surface area (Å²) >= 11 is 5.32. The minimum Gasteiger partial charge on any atom is -0.237 e. The first kappa shape index (κ1) is 11.8. The van der Waals surface area contributed by atoms with E-state index in [1.165, 1.54) is 6.07 Å². The highest BCUT2D eigenvalue weighted by molar-refractivity contribution is 8.08. The molecule has 14 heavy (non-hydrogen) atoms. The Bertz CT molecular complexity index is 378. The molecular formula is C7H3Cl2F3OS. The zero-order valence-corrected chi connectivity index (χ0v) is 8.77. The lowest BCUT2D eigenvalue weighted by molar-refractivity contribution is -0.137. The van der Waals surface area contributed by atoms with Crippen LogP contribution < -0.4 is 0 Å². The summed E-state index contributed by atoms with van der Waals surface area (Å²) in [6, 6.07) is 2.87. The van der Waals surface area contributed by atoms with Gasteiger partial charge in [-0.2, -0.15) is 13.2 Å². The van der Waals surface area contributed by atoms with E-state index in [0.717, 1.165) is 6.07 Å². The zero-order chi connectivity index (χ0) is 10.9. The molecule has 1 aromatic rings. The smallest absolute Gasteiger partial charge is 0.237 e. The van der Waals surface area contributed by atoms with Gasteiger partial charge >= 0.3 is 6.18 Å². The third kappa shape index (κ3) is 2.62. The SMILES string of the molecule is O=S(Cl)c1ccc(Cl)c(C(F)(F)F)c1. The lowest BCUT2D eigenvalue weighted by Crippen LogP contribution is -2.06. The Labute approximate surface area is 89.8 Å². The van der Waals surface area contributed by atoms with E-state index >= 15 is 0 Å². The summed E-state index contributed by atoms with van der Waals surface area (Å²) in [7, 11) is 3.17. The van der Waals surface area contributed by atoms with E-state index in [1.54, 1.807) is 0 Å². The molecule has 0 aromatic heterocycles. The number of hydrogen-bond donors (Lipinski definition) is 0. The predicted molar refractivity (Wildman–Crippen MR) is 48.7 cm³/mol. The third-order valence-electron chi connectivity index (χ3n) is 1.43. The van der Waals surface area contributed by atoms with Crippen LogP contribution in [0.25, 0.3) is 0 Å². The molecule has 0 spiro atoms. The number of benzene rings is 1. The summed E-state index contributed by atoms with van der Waals surface area (Å²) in [5.41, 5.74) is -1.04. The molecule has 0 saturated heterocycles. The van der Waals surface area contributed by atoms with Gasteiger partial charge in [0.1, 0.15) is 10.0 Å². The van der Waals surface area contributed by atoms with Crippen LogP contribution in [0, 0.1) is 0 Å². The molecule has 1 atom stereocenters. The topological polar surface area (TPSA) is 17.1 Å². The van der Waals surface area contributed by atoms with Gasteiger partial charge in [-0.15, -0.1) is 0 Å². The van der Waals surface area contributed by atoms with Crippen LogP contribution in [0.4, 0.5) is 13.2 Å². The number of rotatable bonds is 1. The summed E-state index contributed by atoms with van der Waals surface area (Å²) in [6.07, 6.45) is -4.57. The van der Waals surface area contributed by atoms with Gasteiger partial charge in [-0.3, -0.25) is 0 Å². The Kier molecular flexibility index (Phi) is 3.44. The van der Waals surface area contributed by atoms with Gasteiger partial charge in [-0.25, -0.2) is 4.21 Å². The quantitative estimate of drug-likeness (QED) is 0.707. The molecule has 1 aromatic carbocycles. The number of hydrogen-bond acceptors (Lipinski definition) is 1. The molecule has 0 amide bonds. The maximum Gasteiger partial charge on any atom is 0.417 e. The van der Waals surface area contributed by atoms with Crippen molar-refractivity contribution in [1.82, 2.24) is 0 Å². The lowest BCUT2D eigenvalue weighted by Gasteiger charge is -2.09. The average molecular weight is 263 g/mol. The molecular weight excluding hydrogens is 260 g/mol. The average Bonchev–Trinajstić information content (AvgIpc) is 2.02. The first-order valence-electron chi connectivity index (χ1n) is 3.27. The Morgan fingerprint density at radius 2 is 1.86 bits per heavy atom. The minimum atomic E-state index is -4.57. The molecule has 0 radical (unpaired) electrons. The number of alkyl halides is 3. The predicted octanol–water partition coefficient (Wildman–Crippen LogP) is 3.62. The van der Waals surface area contributed by atoms with Gasteiger partial charge in [-0.05, 0) is 28.9 Å². The van der Waals surface area contributed by atoms with Crippen LogP contribution in [-0.4, -0.2) is 4.21 Å². The van der Waals surface area contributed by atoms with E-state index in [4.69, 9.17) is 22.3 Å². The summed E-state index contributed by atoms with van der Waals surface area (Å²) in [6.45, 7) is 0. The van der Waals surface area contributed by atoms with E-state index in [2.05, 4.69) is 0 Å². The highest BCUT2D eigenvalue weighted by Crippen LogP contribution is 2.35. The van der Waals surface area contributed by atoms with E-state index in [9.17, 15) is 17.4 Å². The third-order valence-corrected chi connectivity index (χ3v) is 2.92. The van der Waals surface area contributed by atoms with Crippen molar-refractivity contribution in [3.8, 4) is 0 Å². The molecule has 0 aliphatic heterocycles. The van der Waals surface area contributed by atoms with Crippen LogP contribution in [0.1, 0.15) is 5.56 Å². The van der Waals surface area contributed by atoms with Crippen molar-refractivity contribution in [2.75, 3.05) is 0 Å². The van der Waals surface area contributed by atoms with Gasteiger partial charge in [0.2, 0.25) is 0 Å². The molecule has 0 aliphatic rings. The standard InChI is InChI=1S/C7H3Cl2F3OS/c8-6-2-1-4(14(9)13)3-5(6)7(10,11)12/h1-3H. The van der Waals surface area contributed by atoms with E-state index in [1.807, 2.05) is 0 Å². The van der Waals surface area contributed by atoms with Gasteiger partial charge in [0.15, 0.2) is 0 Å². The Balaban J connectivity index is 3.29. The van der Waals surface area contributed by atoms with Crippen molar-refractivity contribution in [1.29, 1.82) is 0 Å². The Hall–Kier alpha value is -0.260. The second-order valence-corrected chi connectivity index (χ2v) is 4.53. The molecule has 0 N–H and O–H groups in total. The summed E-state index contributed by atoms with van der Waals surface area (Å²) in [4.78, 5) is -0.122. The fourth-order valence-corrected chi connectivity index (χ4v) is 1.72. The van der Waals surface area contributed by atoms with Crippen molar-refractivity contribution in [3.05, 3.63) is 28.8 Å². The molecule has 1 rings (SSSR count). The van der Waals surface area contributed by atoms with Gasteiger partial charge in [0.25, 0.3) is 0 Å². The van der Waals surface area contributed by atoms with E-state index in [-0.39, 0.29) is 4.90 Å². The van der Waals surface area contributed by atoms with Crippen LogP contribution in [0.15, 0.2) is 23.1 Å². The van der Waals surface area contributed by atoms with Crippen LogP contribution in [-0.2, 0) is 16.2 Å². The molecule has 0 heterocycles. The Morgan fingerprint density at radius 3 is 2.29 bits per heavy atom.